The summed E-state index contributed by atoms with van der Waals surface area (Å²) in [7, 11) is 1.60. The summed E-state index contributed by atoms with van der Waals surface area (Å²) in [6.45, 7) is 5.03. The van der Waals surface area contributed by atoms with E-state index < -0.39 is 0 Å². The molecule has 3 amide bonds. The zero-order valence-electron chi connectivity index (χ0n) is 13.3. The van der Waals surface area contributed by atoms with E-state index >= 15 is 0 Å². The summed E-state index contributed by atoms with van der Waals surface area (Å²) in [5.41, 5.74) is 1.47. The van der Waals surface area contributed by atoms with Crippen LogP contribution < -0.4 is 10.6 Å². The molecule has 0 radical (unpaired) electrons. The molecule has 0 aromatic heterocycles. The van der Waals surface area contributed by atoms with E-state index in [1.807, 2.05) is 38.1 Å². The van der Waals surface area contributed by atoms with Crippen molar-refractivity contribution in [2.45, 2.75) is 32.5 Å². The van der Waals surface area contributed by atoms with Crippen LogP contribution in [0.4, 0.5) is 10.5 Å². The summed E-state index contributed by atoms with van der Waals surface area (Å²) < 4.78 is 5.63. The van der Waals surface area contributed by atoms with Crippen LogP contribution in [0.15, 0.2) is 24.3 Å². The standard InChI is InChI=1S/C16H23N3O3/c1-11-9-19(10-12(2)22-11)16(21)18-14-7-5-4-6-13(14)8-15(20)17-3/h4-7,11-12H,8-10H2,1-3H3,(H,17,20)(H,18,21)/t11-,12+. The first-order chi connectivity index (χ1) is 10.5. The quantitative estimate of drug-likeness (QED) is 0.891. The first-order valence-corrected chi connectivity index (χ1v) is 7.49. The number of anilines is 1. The van der Waals surface area contributed by atoms with Gasteiger partial charge in [0.25, 0.3) is 0 Å². The molecule has 2 rings (SSSR count). The van der Waals surface area contributed by atoms with Crippen LogP contribution in [-0.2, 0) is 16.0 Å². The molecule has 6 heteroatoms. The average Bonchev–Trinajstić information content (AvgIpc) is 2.48. The number of morpholine rings is 1. The molecule has 0 unspecified atom stereocenters. The van der Waals surface area contributed by atoms with E-state index in [2.05, 4.69) is 10.6 Å². The number of carbonyl (C=O) groups is 2. The molecule has 2 N–H and O–H groups in total. The van der Waals surface area contributed by atoms with Gasteiger partial charge < -0.3 is 20.3 Å². The lowest BCUT2D eigenvalue weighted by molar-refractivity contribution is -0.119. The Bertz CT molecular complexity index is 537. The predicted molar refractivity (Wildman–Crippen MR) is 84.8 cm³/mol. The number of likely N-dealkylation sites (N-methyl/N-ethyl adjacent to an activating group) is 1. The maximum absolute atomic E-state index is 12.4. The summed E-state index contributed by atoms with van der Waals surface area (Å²) in [5.74, 6) is -0.0877. The van der Waals surface area contributed by atoms with Crippen molar-refractivity contribution in [3.05, 3.63) is 29.8 Å². The van der Waals surface area contributed by atoms with Crippen LogP contribution in [0.25, 0.3) is 0 Å². The molecule has 6 nitrogen and oxygen atoms in total. The normalized spacial score (nSPS) is 21.3. The second-order valence-electron chi connectivity index (χ2n) is 5.60. The number of amides is 3. The second-order valence-corrected chi connectivity index (χ2v) is 5.60. The number of hydrogen-bond donors (Lipinski definition) is 2. The maximum Gasteiger partial charge on any atom is 0.322 e. The maximum atomic E-state index is 12.4. The molecule has 0 bridgehead atoms. The van der Waals surface area contributed by atoms with E-state index in [9.17, 15) is 9.59 Å². The van der Waals surface area contributed by atoms with Gasteiger partial charge in [0, 0.05) is 25.8 Å². The molecule has 0 spiro atoms. The van der Waals surface area contributed by atoms with Crippen LogP contribution in [0.3, 0.4) is 0 Å². The van der Waals surface area contributed by atoms with Crippen LogP contribution >= 0.6 is 0 Å². The lowest BCUT2D eigenvalue weighted by Crippen LogP contribution is -2.49. The van der Waals surface area contributed by atoms with Gasteiger partial charge in [0.2, 0.25) is 5.91 Å². The predicted octanol–water partition coefficient (Wildman–Crippen LogP) is 1.62. The van der Waals surface area contributed by atoms with E-state index in [1.165, 1.54) is 0 Å². The Morgan fingerprint density at radius 3 is 2.50 bits per heavy atom. The fraction of sp³-hybridized carbons (Fsp3) is 0.500. The minimum Gasteiger partial charge on any atom is -0.372 e. The van der Waals surface area contributed by atoms with Gasteiger partial charge in [-0.2, -0.15) is 0 Å². The highest BCUT2D eigenvalue weighted by Gasteiger charge is 2.26. The minimum atomic E-state index is -0.161. The third-order valence-corrected chi connectivity index (χ3v) is 3.60. The average molecular weight is 305 g/mol. The third kappa shape index (κ3) is 4.21. The fourth-order valence-corrected chi connectivity index (χ4v) is 2.60. The summed E-state index contributed by atoms with van der Waals surface area (Å²) in [6.07, 6.45) is 0.286. The number of hydrogen-bond acceptors (Lipinski definition) is 3. The molecule has 1 aromatic carbocycles. The molecular formula is C16H23N3O3. The highest BCUT2D eigenvalue weighted by atomic mass is 16.5. The Labute approximate surface area is 130 Å². The zero-order chi connectivity index (χ0) is 16.1. The van der Waals surface area contributed by atoms with Gasteiger partial charge in [-0.05, 0) is 25.5 Å². The molecule has 1 aliphatic heterocycles. The molecular weight excluding hydrogens is 282 g/mol. The van der Waals surface area contributed by atoms with Crippen molar-refractivity contribution in [2.75, 3.05) is 25.5 Å². The summed E-state index contributed by atoms with van der Waals surface area (Å²) >= 11 is 0. The second kappa shape index (κ2) is 7.26. The number of nitrogens with one attached hydrogen (secondary N) is 2. The Hall–Kier alpha value is -2.08. The van der Waals surface area contributed by atoms with E-state index in [-0.39, 0.29) is 30.6 Å². The molecule has 1 aromatic rings. The first-order valence-electron chi connectivity index (χ1n) is 7.49. The molecule has 0 saturated carbocycles. The molecule has 1 heterocycles. The van der Waals surface area contributed by atoms with Crippen LogP contribution in [-0.4, -0.2) is 49.2 Å². The van der Waals surface area contributed by atoms with Gasteiger partial charge in [0.05, 0.1) is 18.6 Å². The van der Waals surface area contributed by atoms with Gasteiger partial charge in [-0.25, -0.2) is 4.79 Å². The van der Waals surface area contributed by atoms with Gasteiger partial charge in [-0.3, -0.25) is 4.79 Å². The van der Waals surface area contributed by atoms with Gasteiger partial charge in [-0.15, -0.1) is 0 Å². The Morgan fingerprint density at radius 1 is 1.23 bits per heavy atom. The minimum absolute atomic E-state index is 0.0237. The van der Waals surface area contributed by atoms with Crippen molar-refractivity contribution in [2.24, 2.45) is 0 Å². The lowest BCUT2D eigenvalue weighted by Gasteiger charge is -2.35. The van der Waals surface area contributed by atoms with Crippen LogP contribution in [0.2, 0.25) is 0 Å². The Balaban J connectivity index is 2.06. The molecule has 1 saturated heterocycles. The number of nitrogens with zero attached hydrogens (tertiary/aromatic N) is 1. The number of carbonyl (C=O) groups excluding carboxylic acids is 2. The zero-order valence-corrected chi connectivity index (χ0v) is 13.3. The van der Waals surface area contributed by atoms with E-state index in [1.54, 1.807) is 11.9 Å². The van der Waals surface area contributed by atoms with E-state index in [0.717, 1.165) is 5.56 Å². The number of urea groups is 1. The van der Waals surface area contributed by atoms with Crippen molar-refractivity contribution < 1.29 is 14.3 Å². The van der Waals surface area contributed by atoms with Crippen LogP contribution in [0.5, 0.6) is 0 Å². The largest absolute Gasteiger partial charge is 0.372 e. The number of para-hydroxylation sites is 1. The van der Waals surface area contributed by atoms with E-state index in [0.29, 0.717) is 18.8 Å². The summed E-state index contributed by atoms with van der Waals surface area (Å²) in [6, 6.07) is 7.19. The molecule has 1 aliphatic rings. The molecule has 120 valence electrons. The van der Waals surface area contributed by atoms with Gasteiger partial charge in [0.1, 0.15) is 0 Å². The third-order valence-electron chi connectivity index (χ3n) is 3.60. The smallest absolute Gasteiger partial charge is 0.322 e. The van der Waals surface area contributed by atoms with Crippen molar-refractivity contribution >= 4 is 17.6 Å². The molecule has 0 aliphatic carbocycles. The number of ether oxygens (including phenoxy) is 1. The van der Waals surface area contributed by atoms with Crippen molar-refractivity contribution in [3.8, 4) is 0 Å². The van der Waals surface area contributed by atoms with Gasteiger partial charge in [0.15, 0.2) is 0 Å². The van der Waals surface area contributed by atoms with Crippen LogP contribution in [0.1, 0.15) is 19.4 Å². The lowest BCUT2D eigenvalue weighted by atomic mass is 10.1. The monoisotopic (exact) mass is 305 g/mol. The van der Waals surface area contributed by atoms with Crippen LogP contribution in [0, 0.1) is 0 Å². The highest BCUT2D eigenvalue weighted by molar-refractivity contribution is 5.91. The Morgan fingerprint density at radius 2 is 1.86 bits per heavy atom. The molecule has 22 heavy (non-hydrogen) atoms. The molecule has 2 atom stereocenters. The van der Waals surface area contributed by atoms with Crippen molar-refractivity contribution in [1.82, 2.24) is 10.2 Å². The van der Waals surface area contributed by atoms with Gasteiger partial charge in [-0.1, -0.05) is 18.2 Å². The topological polar surface area (TPSA) is 70.7 Å². The first kappa shape index (κ1) is 16.3. The number of rotatable bonds is 3. The van der Waals surface area contributed by atoms with Gasteiger partial charge >= 0.3 is 6.03 Å². The summed E-state index contributed by atoms with van der Waals surface area (Å²) in [5, 5.41) is 5.49. The van der Waals surface area contributed by atoms with E-state index in [4.69, 9.17) is 4.74 Å². The van der Waals surface area contributed by atoms with Crippen molar-refractivity contribution in [3.63, 3.8) is 0 Å². The number of benzene rings is 1. The molecule has 1 fully saturated rings. The fourth-order valence-electron chi connectivity index (χ4n) is 2.60. The van der Waals surface area contributed by atoms with Crippen molar-refractivity contribution in [1.29, 1.82) is 0 Å². The Kier molecular flexibility index (Phi) is 5.38. The SMILES string of the molecule is CNC(=O)Cc1ccccc1NC(=O)N1C[C@@H](C)O[C@@H](C)C1. The summed E-state index contributed by atoms with van der Waals surface area (Å²) in [4.78, 5) is 25.7. The highest BCUT2D eigenvalue weighted by Crippen LogP contribution is 2.18.